The summed E-state index contributed by atoms with van der Waals surface area (Å²) in [5.41, 5.74) is 0.822. The van der Waals surface area contributed by atoms with Crippen molar-refractivity contribution in [1.82, 2.24) is 0 Å². The molecule has 8 heteroatoms. The average molecular weight is 284 g/mol. The van der Waals surface area contributed by atoms with Crippen LogP contribution in [-0.2, 0) is 4.74 Å². The molecule has 1 aliphatic rings. The summed E-state index contributed by atoms with van der Waals surface area (Å²) in [6.45, 7) is 1.32. The van der Waals surface area contributed by atoms with Gasteiger partial charge in [-0.1, -0.05) is 6.07 Å². The van der Waals surface area contributed by atoms with Gasteiger partial charge >= 0.3 is 0 Å². The maximum Gasteiger partial charge on any atom is 0.292 e. The quantitative estimate of drug-likeness (QED) is 0.444. The fourth-order valence-corrected chi connectivity index (χ4v) is 2.10. The first-order valence-corrected chi connectivity index (χ1v) is 6.08. The van der Waals surface area contributed by atoms with E-state index in [1.165, 1.54) is 6.07 Å². The van der Waals surface area contributed by atoms with Gasteiger partial charge in [0.15, 0.2) is 6.23 Å². The van der Waals surface area contributed by atoms with Crippen molar-refractivity contribution in [3.63, 3.8) is 0 Å². The molecule has 8 nitrogen and oxygen atoms in total. The summed E-state index contributed by atoms with van der Waals surface area (Å²) in [4.78, 5) is 10.4. The van der Waals surface area contributed by atoms with Crippen LogP contribution in [0.2, 0.25) is 0 Å². The van der Waals surface area contributed by atoms with Gasteiger partial charge in [0.05, 0.1) is 11.5 Å². The third kappa shape index (κ3) is 2.73. The number of rotatable bonds is 4. The van der Waals surface area contributed by atoms with Crippen molar-refractivity contribution >= 4 is 11.4 Å². The minimum absolute atomic E-state index is 0.159. The molecule has 20 heavy (non-hydrogen) atoms. The Balaban J connectivity index is 2.22. The Labute approximate surface area is 114 Å². The Kier molecular flexibility index (Phi) is 4.19. The highest BCUT2D eigenvalue weighted by Gasteiger charge is 2.42. The monoisotopic (exact) mass is 284 g/mol. The number of ether oxygens (including phenoxy) is 1. The summed E-state index contributed by atoms with van der Waals surface area (Å²) in [5, 5.41) is 42.1. The van der Waals surface area contributed by atoms with Crippen molar-refractivity contribution in [3.8, 4) is 0 Å². The lowest BCUT2D eigenvalue weighted by Crippen LogP contribution is -2.36. The molecule has 1 fully saturated rings. The standard InChI is InChI=1S/C12H16N2O6/c1-6-2-3-8(14(18)19)7(4-6)13-12-11(17)10(16)9(5-15)20-12/h2-4,9-13,15-17H,5H2,1H3/t9-,10+,11-,12-/m0/s1. The summed E-state index contributed by atoms with van der Waals surface area (Å²) in [6, 6.07) is 4.49. The van der Waals surface area contributed by atoms with Crippen LogP contribution in [0.3, 0.4) is 0 Å². The minimum atomic E-state index is -1.28. The molecule has 0 amide bonds. The second-order valence-corrected chi connectivity index (χ2v) is 4.68. The van der Waals surface area contributed by atoms with Crippen LogP contribution in [0.4, 0.5) is 11.4 Å². The number of aliphatic hydroxyl groups is 3. The van der Waals surface area contributed by atoms with E-state index in [9.17, 15) is 20.3 Å². The van der Waals surface area contributed by atoms with Crippen molar-refractivity contribution < 1.29 is 25.0 Å². The molecule has 1 aromatic carbocycles. The van der Waals surface area contributed by atoms with E-state index in [1.54, 1.807) is 19.1 Å². The zero-order valence-corrected chi connectivity index (χ0v) is 10.8. The first kappa shape index (κ1) is 14.7. The van der Waals surface area contributed by atoms with Crippen LogP contribution >= 0.6 is 0 Å². The summed E-state index contributed by atoms with van der Waals surface area (Å²) in [7, 11) is 0. The zero-order valence-electron chi connectivity index (χ0n) is 10.8. The second kappa shape index (κ2) is 5.71. The Bertz CT molecular complexity index is 509. The highest BCUT2D eigenvalue weighted by atomic mass is 16.6. The van der Waals surface area contributed by atoms with Gasteiger partial charge in [0, 0.05) is 6.07 Å². The number of hydrogen-bond donors (Lipinski definition) is 4. The molecule has 4 N–H and O–H groups in total. The van der Waals surface area contributed by atoms with Gasteiger partial charge in [-0.2, -0.15) is 0 Å². The predicted octanol–water partition coefficient (Wildman–Crippen LogP) is -0.246. The van der Waals surface area contributed by atoms with E-state index in [0.29, 0.717) is 0 Å². The SMILES string of the molecule is Cc1ccc([N+](=O)[O-])c(N[C@H]2O[C@@H](CO)[C@@H](O)[C@@H]2O)c1. The molecule has 1 aromatic rings. The lowest BCUT2D eigenvalue weighted by Gasteiger charge is -2.17. The third-order valence-electron chi connectivity index (χ3n) is 3.19. The van der Waals surface area contributed by atoms with Crippen LogP contribution in [0.1, 0.15) is 5.56 Å². The van der Waals surface area contributed by atoms with Gasteiger partial charge < -0.3 is 25.4 Å². The van der Waals surface area contributed by atoms with Gasteiger partial charge in [-0.15, -0.1) is 0 Å². The third-order valence-corrected chi connectivity index (χ3v) is 3.19. The van der Waals surface area contributed by atoms with Crippen LogP contribution in [0.25, 0.3) is 0 Å². The number of anilines is 1. The second-order valence-electron chi connectivity index (χ2n) is 4.68. The number of hydrogen-bond acceptors (Lipinski definition) is 7. The van der Waals surface area contributed by atoms with Gasteiger partial charge in [0.1, 0.15) is 24.0 Å². The highest BCUT2D eigenvalue weighted by Crippen LogP contribution is 2.29. The van der Waals surface area contributed by atoms with Crippen LogP contribution in [0, 0.1) is 17.0 Å². The molecule has 0 bridgehead atoms. The number of nitrogens with zero attached hydrogens (tertiary/aromatic N) is 1. The van der Waals surface area contributed by atoms with E-state index in [0.717, 1.165) is 5.56 Å². The predicted molar refractivity (Wildman–Crippen MR) is 69.2 cm³/mol. The van der Waals surface area contributed by atoms with E-state index in [1.807, 2.05) is 0 Å². The molecule has 1 heterocycles. The van der Waals surface area contributed by atoms with Crippen molar-refractivity contribution in [2.75, 3.05) is 11.9 Å². The van der Waals surface area contributed by atoms with Crippen LogP contribution in [0.5, 0.6) is 0 Å². The lowest BCUT2D eigenvalue weighted by atomic mass is 10.1. The Morgan fingerprint density at radius 1 is 1.40 bits per heavy atom. The molecule has 1 aliphatic heterocycles. The Hall–Kier alpha value is -1.74. The minimum Gasteiger partial charge on any atom is -0.394 e. The highest BCUT2D eigenvalue weighted by molar-refractivity contribution is 5.63. The number of aryl methyl sites for hydroxylation is 1. The molecule has 2 rings (SSSR count). The van der Waals surface area contributed by atoms with E-state index < -0.39 is 36.1 Å². The van der Waals surface area contributed by atoms with E-state index in [-0.39, 0.29) is 11.4 Å². The number of benzene rings is 1. The van der Waals surface area contributed by atoms with Crippen molar-refractivity contribution in [1.29, 1.82) is 0 Å². The van der Waals surface area contributed by atoms with Crippen molar-refractivity contribution in [2.45, 2.75) is 31.5 Å². The number of aliphatic hydroxyl groups excluding tert-OH is 3. The van der Waals surface area contributed by atoms with Gasteiger partial charge in [-0.3, -0.25) is 10.1 Å². The van der Waals surface area contributed by atoms with E-state index >= 15 is 0 Å². The lowest BCUT2D eigenvalue weighted by molar-refractivity contribution is -0.384. The Morgan fingerprint density at radius 2 is 2.10 bits per heavy atom. The number of nitro groups is 1. The maximum atomic E-state index is 10.9. The van der Waals surface area contributed by atoms with Gasteiger partial charge in [0.2, 0.25) is 0 Å². The van der Waals surface area contributed by atoms with Gasteiger partial charge in [-0.25, -0.2) is 0 Å². The molecular weight excluding hydrogens is 268 g/mol. The largest absolute Gasteiger partial charge is 0.394 e. The fourth-order valence-electron chi connectivity index (χ4n) is 2.10. The average Bonchev–Trinajstić information content (AvgIpc) is 2.66. The van der Waals surface area contributed by atoms with Crippen LogP contribution in [-0.4, -0.2) is 51.4 Å². The summed E-state index contributed by atoms with van der Waals surface area (Å²) in [5.74, 6) is 0. The summed E-state index contributed by atoms with van der Waals surface area (Å²) in [6.07, 6.45) is -4.48. The molecule has 0 unspecified atom stereocenters. The number of nitro benzene ring substituents is 1. The molecule has 0 radical (unpaired) electrons. The van der Waals surface area contributed by atoms with Crippen LogP contribution in [0.15, 0.2) is 18.2 Å². The molecule has 4 atom stereocenters. The molecule has 0 aromatic heterocycles. The van der Waals surface area contributed by atoms with Crippen LogP contribution < -0.4 is 5.32 Å². The summed E-state index contributed by atoms with van der Waals surface area (Å²) >= 11 is 0. The molecule has 110 valence electrons. The number of nitrogens with one attached hydrogen (secondary N) is 1. The first-order chi connectivity index (χ1) is 9.43. The van der Waals surface area contributed by atoms with Gasteiger partial charge in [0.25, 0.3) is 5.69 Å². The Morgan fingerprint density at radius 3 is 2.65 bits per heavy atom. The van der Waals surface area contributed by atoms with Crippen molar-refractivity contribution in [3.05, 3.63) is 33.9 Å². The smallest absolute Gasteiger partial charge is 0.292 e. The van der Waals surface area contributed by atoms with E-state index in [2.05, 4.69) is 5.32 Å². The molecule has 0 saturated carbocycles. The van der Waals surface area contributed by atoms with Gasteiger partial charge in [-0.05, 0) is 18.6 Å². The maximum absolute atomic E-state index is 10.9. The fraction of sp³-hybridized carbons (Fsp3) is 0.500. The molecule has 0 spiro atoms. The zero-order chi connectivity index (χ0) is 14.9. The topological polar surface area (TPSA) is 125 Å². The molecular formula is C12H16N2O6. The summed E-state index contributed by atoms with van der Waals surface area (Å²) < 4.78 is 5.23. The molecule has 0 aliphatic carbocycles. The molecule has 1 saturated heterocycles. The normalized spacial score (nSPS) is 29.4. The van der Waals surface area contributed by atoms with Crippen molar-refractivity contribution in [2.24, 2.45) is 0 Å². The first-order valence-electron chi connectivity index (χ1n) is 6.08. The van der Waals surface area contributed by atoms with E-state index in [4.69, 9.17) is 9.84 Å².